The fourth-order valence-electron chi connectivity index (χ4n) is 2.97. The fraction of sp³-hybridized carbons (Fsp3) is 0.0435. The molecule has 0 amide bonds. The number of ketones is 1. The number of nitrogens with zero attached hydrogens (tertiary/aromatic N) is 1. The summed E-state index contributed by atoms with van der Waals surface area (Å²) in [6.45, 7) is 0. The predicted octanol–water partition coefficient (Wildman–Crippen LogP) is 3.75. The molecule has 3 nitrogen and oxygen atoms in total. The second-order valence-electron chi connectivity index (χ2n) is 6.44. The first-order valence-electron chi connectivity index (χ1n) is 8.69. The summed E-state index contributed by atoms with van der Waals surface area (Å²) in [5.41, 5.74) is 1.37. The predicted molar refractivity (Wildman–Crippen MR) is 117 cm³/mol. The van der Waals surface area contributed by atoms with Crippen LogP contribution in [-0.2, 0) is 7.05 Å². The van der Waals surface area contributed by atoms with Gasteiger partial charge in [-0.05, 0) is 52.7 Å². The topological polar surface area (TPSA) is 39.1 Å². The molecule has 0 unspecified atom stereocenters. The lowest BCUT2D eigenvalue weighted by molar-refractivity contribution is 0.106. The summed E-state index contributed by atoms with van der Waals surface area (Å²) >= 11 is 7.18. The van der Waals surface area contributed by atoms with Gasteiger partial charge in [0.25, 0.3) is 5.56 Å². The fourth-order valence-corrected chi connectivity index (χ4v) is 4.12. The molecule has 1 aromatic heterocycles. The molecule has 0 aliphatic heterocycles. The van der Waals surface area contributed by atoms with Crippen molar-refractivity contribution in [1.29, 1.82) is 0 Å². The van der Waals surface area contributed by atoms with Gasteiger partial charge in [-0.2, -0.15) is 0 Å². The summed E-state index contributed by atoms with van der Waals surface area (Å²) in [7, 11) is 1.68. The number of halogens is 1. The summed E-state index contributed by atoms with van der Waals surface area (Å²) in [6.07, 6.45) is 3.36. The molecule has 0 bridgehead atoms. The number of carbonyl (C=O) groups excluding carboxylic acids is 1. The molecule has 0 aliphatic carbocycles. The molecule has 0 N–H and O–H groups in total. The van der Waals surface area contributed by atoms with Crippen molar-refractivity contribution < 1.29 is 4.79 Å². The Morgan fingerprint density at radius 3 is 2.46 bits per heavy atom. The summed E-state index contributed by atoms with van der Waals surface area (Å²) in [6, 6.07) is 20.9. The molecule has 3 aromatic carbocycles. The van der Waals surface area contributed by atoms with Gasteiger partial charge in [0.2, 0.25) is 0 Å². The number of rotatable bonds is 3. The first kappa shape index (κ1) is 18.4. The van der Waals surface area contributed by atoms with E-state index in [1.54, 1.807) is 31.3 Å². The lowest BCUT2D eigenvalue weighted by Gasteiger charge is -1.98. The van der Waals surface area contributed by atoms with E-state index in [9.17, 15) is 9.59 Å². The Morgan fingerprint density at radius 1 is 1.00 bits per heavy atom. The van der Waals surface area contributed by atoms with Gasteiger partial charge in [0.15, 0.2) is 5.78 Å². The average Bonchev–Trinajstić information content (AvgIpc) is 2.96. The molecule has 0 saturated heterocycles. The Bertz CT molecular complexity index is 1360. The zero-order chi connectivity index (χ0) is 19.7. The Morgan fingerprint density at radius 2 is 1.71 bits per heavy atom. The number of Topliss-reactive ketones (excluding diaryl/α,β-unsaturated/α-hetero) is 1. The van der Waals surface area contributed by atoms with E-state index in [0.717, 1.165) is 16.3 Å². The summed E-state index contributed by atoms with van der Waals surface area (Å²) in [5.74, 6) is -0.161. The van der Waals surface area contributed by atoms with E-state index in [0.29, 0.717) is 19.8 Å². The Hall–Kier alpha value is -2.95. The minimum atomic E-state index is -0.161. The van der Waals surface area contributed by atoms with E-state index in [1.165, 1.54) is 22.0 Å². The van der Waals surface area contributed by atoms with Gasteiger partial charge in [0.1, 0.15) is 4.66 Å². The second kappa shape index (κ2) is 7.58. The van der Waals surface area contributed by atoms with Gasteiger partial charge in [-0.15, -0.1) is 11.3 Å². The van der Waals surface area contributed by atoms with Gasteiger partial charge in [-0.3, -0.25) is 9.59 Å². The lowest BCUT2D eigenvalue weighted by Crippen LogP contribution is -2.29. The molecule has 28 heavy (non-hydrogen) atoms. The highest BCUT2D eigenvalue weighted by Crippen LogP contribution is 2.16. The van der Waals surface area contributed by atoms with Crippen molar-refractivity contribution >= 4 is 51.6 Å². The zero-order valence-electron chi connectivity index (χ0n) is 15.1. The highest BCUT2D eigenvalue weighted by atomic mass is 35.5. The first-order valence-corrected chi connectivity index (χ1v) is 9.89. The van der Waals surface area contributed by atoms with E-state index in [1.807, 2.05) is 36.4 Å². The van der Waals surface area contributed by atoms with Crippen LogP contribution in [0.3, 0.4) is 0 Å². The summed E-state index contributed by atoms with van der Waals surface area (Å²) in [4.78, 5) is 25.1. The molecule has 0 spiro atoms. The van der Waals surface area contributed by atoms with Gasteiger partial charge in [0, 0.05) is 23.7 Å². The van der Waals surface area contributed by atoms with E-state index >= 15 is 0 Å². The van der Waals surface area contributed by atoms with Gasteiger partial charge in [0.05, 0.1) is 4.53 Å². The quantitative estimate of drug-likeness (QED) is 0.487. The minimum Gasteiger partial charge on any atom is -0.302 e. The summed E-state index contributed by atoms with van der Waals surface area (Å²) in [5, 5.41) is 2.85. The van der Waals surface area contributed by atoms with E-state index < -0.39 is 0 Å². The van der Waals surface area contributed by atoms with Crippen LogP contribution in [-0.4, -0.2) is 10.4 Å². The van der Waals surface area contributed by atoms with Gasteiger partial charge in [-0.25, -0.2) is 0 Å². The third-order valence-corrected chi connectivity index (χ3v) is 5.88. The normalized spacial score (nSPS) is 12.6. The SMILES string of the molecule is Cn1c(=O)/c(=C\c2ccc3ccccc3c2)s/c1=C\C(=O)c1ccc(Cl)cc1. The monoisotopic (exact) mass is 405 g/mol. The maximum absolute atomic E-state index is 12.6. The first-order chi connectivity index (χ1) is 13.5. The van der Waals surface area contributed by atoms with Crippen molar-refractivity contribution in [2.75, 3.05) is 0 Å². The summed E-state index contributed by atoms with van der Waals surface area (Å²) < 4.78 is 2.70. The standard InChI is InChI=1S/C23H16ClNO2S/c1-25-22(14-20(26)17-8-10-19(24)11-9-17)28-21(23(25)27)13-15-6-7-16-4-2-3-5-18(16)12-15/h2-14H,1H3/b21-13+,22-14-. The number of hydrogen-bond donors (Lipinski definition) is 0. The Balaban J connectivity index is 1.77. The second-order valence-corrected chi connectivity index (χ2v) is 7.93. The molecule has 0 radical (unpaired) electrons. The number of hydrogen-bond acceptors (Lipinski definition) is 3. The minimum absolute atomic E-state index is 0.117. The number of fused-ring (bicyclic) bond motifs is 1. The number of thiazole rings is 1. The van der Waals surface area contributed by atoms with Gasteiger partial charge < -0.3 is 4.57 Å². The van der Waals surface area contributed by atoms with Crippen LogP contribution in [0.2, 0.25) is 5.02 Å². The molecule has 138 valence electrons. The Labute approximate surface area is 170 Å². The lowest BCUT2D eigenvalue weighted by atomic mass is 10.1. The van der Waals surface area contributed by atoms with Crippen molar-refractivity contribution in [3.8, 4) is 0 Å². The number of aromatic nitrogens is 1. The van der Waals surface area contributed by atoms with Crippen LogP contribution in [0.15, 0.2) is 71.5 Å². The van der Waals surface area contributed by atoms with Crippen LogP contribution in [0.4, 0.5) is 0 Å². The van der Waals surface area contributed by atoms with Crippen LogP contribution in [0.5, 0.6) is 0 Å². The maximum atomic E-state index is 12.6. The van der Waals surface area contributed by atoms with Crippen LogP contribution in [0, 0.1) is 0 Å². The molecule has 0 fully saturated rings. The molecule has 5 heteroatoms. The third-order valence-electron chi connectivity index (χ3n) is 4.52. The number of benzene rings is 3. The van der Waals surface area contributed by atoms with Crippen molar-refractivity contribution in [1.82, 2.24) is 4.57 Å². The van der Waals surface area contributed by atoms with Gasteiger partial charge >= 0.3 is 0 Å². The van der Waals surface area contributed by atoms with Crippen LogP contribution in [0.25, 0.3) is 22.9 Å². The molecule has 0 aliphatic rings. The molecular formula is C23H16ClNO2S. The van der Waals surface area contributed by atoms with Crippen molar-refractivity contribution in [2.24, 2.45) is 7.05 Å². The zero-order valence-corrected chi connectivity index (χ0v) is 16.6. The van der Waals surface area contributed by atoms with Crippen LogP contribution >= 0.6 is 22.9 Å². The highest BCUT2D eigenvalue weighted by Gasteiger charge is 2.06. The molecule has 1 heterocycles. The van der Waals surface area contributed by atoms with Crippen molar-refractivity contribution in [3.63, 3.8) is 0 Å². The molecule has 4 rings (SSSR count). The van der Waals surface area contributed by atoms with Crippen molar-refractivity contribution in [2.45, 2.75) is 0 Å². The van der Waals surface area contributed by atoms with E-state index in [2.05, 4.69) is 12.1 Å². The largest absolute Gasteiger partial charge is 0.302 e. The molecular weight excluding hydrogens is 390 g/mol. The van der Waals surface area contributed by atoms with E-state index in [-0.39, 0.29) is 11.3 Å². The number of carbonyl (C=O) groups is 1. The molecule has 4 aromatic rings. The highest BCUT2D eigenvalue weighted by molar-refractivity contribution is 7.07. The van der Waals surface area contributed by atoms with E-state index in [4.69, 9.17) is 11.6 Å². The molecule has 0 saturated carbocycles. The smallest absolute Gasteiger partial charge is 0.268 e. The van der Waals surface area contributed by atoms with Gasteiger partial charge in [-0.1, -0.05) is 48.0 Å². The van der Waals surface area contributed by atoms with Crippen molar-refractivity contribution in [3.05, 3.63) is 102 Å². The third kappa shape index (κ3) is 3.70. The Kier molecular flexibility index (Phi) is 4.99. The average molecular weight is 406 g/mol. The maximum Gasteiger partial charge on any atom is 0.268 e. The van der Waals surface area contributed by atoms with Crippen LogP contribution < -0.4 is 14.8 Å². The van der Waals surface area contributed by atoms with Crippen LogP contribution in [0.1, 0.15) is 15.9 Å². The molecule has 0 atom stereocenters.